The Bertz CT molecular complexity index is 1130. The number of rotatable bonds is 5. The molecule has 4 aromatic rings. The average Bonchev–Trinajstić information content (AvgIpc) is 3.40. The normalized spacial score (nSPS) is 11.5. The van der Waals surface area contributed by atoms with E-state index in [-0.39, 0.29) is 23.4 Å². The van der Waals surface area contributed by atoms with Gasteiger partial charge in [0.05, 0.1) is 11.1 Å². The van der Waals surface area contributed by atoms with Crippen LogP contribution in [0.15, 0.2) is 57.6 Å². The van der Waals surface area contributed by atoms with Crippen LogP contribution in [0.2, 0.25) is 0 Å². The topological polar surface area (TPSA) is 100 Å². The number of hydrogen-bond donors (Lipinski definition) is 3. The smallest absolute Gasteiger partial charge is 0.287 e. The predicted molar refractivity (Wildman–Crippen MR) is 108 cm³/mol. The first-order chi connectivity index (χ1) is 13.4. The Hall–Kier alpha value is -3.39. The number of fused-ring (bicyclic) bond motifs is 1. The van der Waals surface area contributed by atoms with Gasteiger partial charge < -0.3 is 15.1 Å². The number of benzene rings is 1. The fourth-order valence-electron chi connectivity index (χ4n) is 2.86. The van der Waals surface area contributed by atoms with E-state index in [1.165, 1.54) is 11.3 Å². The lowest BCUT2D eigenvalue weighted by Gasteiger charge is -2.26. The number of carbonyl (C=O) groups excluding carboxylic acids is 2. The minimum atomic E-state index is -0.576. The number of thiophene rings is 1. The van der Waals surface area contributed by atoms with Gasteiger partial charge in [-0.3, -0.25) is 14.7 Å². The second-order valence-electron chi connectivity index (χ2n) is 6.84. The molecule has 2 amide bonds. The summed E-state index contributed by atoms with van der Waals surface area (Å²) in [6, 6.07) is 13.0. The monoisotopic (exact) mass is 394 g/mol. The van der Waals surface area contributed by atoms with Crippen molar-refractivity contribution in [2.45, 2.75) is 19.4 Å². The van der Waals surface area contributed by atoms with Crippen molar-refractivity contribution in [1.29, 1.82) is 0 Å². The zero-order valence-electron chi connectivity index (χ0n) is 15.3. The lowest BCUT2D eigenvalue weighted by Crippen LogP contribution is -2.40. The van der Waals surface area contributed by atoms with Crippen LogP contribution >= 0.6 is 11.3 Å². The number of amides is 2. The Balaban J connectivity index is 1.54. The maximum absolute atomic E-state index is 12.7. The van der Waals surface area contributed by atoms with Crippen LogP contribution < -0.4 is 10.6 Å². The molecule has 0 saturated carbocycles. The molecule has 142 valence electrons. The van der Waals surface area contributed by atoms with Gasteiger partial charge in [-0.05, 0) is 30.9 Å². The molecule has 3 N–H and O–H groups in total. The third kappa shape index (κ3) is 3.41. The standard InChI is InChI=1S/C20H18N4O3S/c1-20(2,13-6-4-3-5-7-13)22-19(26)15-10-14-16(27-15)17(24-23-14)21-18(25)12-8-9-28-11-12/h3-11H,1-2H3,(H,22,26)(H2,21,23,24,25). The van der Waals surface area contributed by atoms with Gasteiger partial charge in [0.2, 0.25) is 0 Å². The third-order valence-corrected chi connectivity index (χ3v) is 5.08. The highest BCUT2D eigenvalue weighted by atomic mass is 32.1. The van der Waals surface area contributed by atoms with Crippen LogP contribution in [0.3, 0.4) is 0 Å². The molecule has 0 aliphatic rings. The van der Waals surface area contributed by atoms with E-state index in [4.69, 9.17) is 4.42 Å². The number of aromatic amines is 1. The fourth-order valence-corrected chi connectivity index (χ4v) is 3.50. The van der Waals surface area contributed by atoms with Gasteiger partial charge in [-0.1, -0.05) is 30.3 Å². The number of furan rings is 1. The molecule has 0 aliphatic heterocycles. The molecule has 0 spiro atoms. The van der Waals surface area contributed by atoms with E-state index in [9.17, 15) is 9.59 Å². The van der Waals surface area contributed by atoms with Crippen molar-refractivity contribution in [2.24, 2.45) is 0 Å². The number of nitrogens with one attached hydrogen (secondary N) is 3. The molecule has 0 unspecified atom stereocenters. The molecular formula is C20H18N4O3S. The van der Waals surface area contributed by atoms with Crippen LogP contribution in [0, 0.1) is 0 Å². The lowest BCUT2D eigenvalue weighted by molar-refractivity contribution is 0.0885. The Kier molecular flexibility index (Phi) is 4.48. The number of aromatic nitrogens is 2. The van der Waals surface area contributed by atoms with Crippen LogP contribution in [-0.2, 0) is 5.54 Å². The number of carbonyl (C=O) groups is 2. The van der Waals surface area contributed by atoms with E-state index in [1.54, 1.807) is 17.5 Å². The van der Waals surface area contributed by atoms with Gasteiger partial charge in [0.25, 0.3) is 11.8 Å². The maximum Gasteiger partial charge on any atom is 0.287 e. The fraction of sp³-hybridized carbons (Fsp3) is 0.150. The number of hydrogen-bond acceptors (Lipinski definition) is 5. The molecule has 4 rings (SSSR count). The summed E-state index contributed by atoms with van der Waals surface area (Å²) in [6.45, 7) is 3.84. The van der Waals surface area contributed by atoms with Crippen LogP contribution in [0.4, 0.5) is 5.82 Å². The van der Waals surface area contributed by atoms with E-state index in [0.29, 0.717) is 16.7 Å². The van der Waals surface area contributed by atoms with Crippen LogP contribution in [0.25, 0.3) is 11.1 Å². The largest absolute Gasteiger partial charge is 0.445 e. The highest BCUT2D eigenvalue weighted by Crippen LogP contribution is 2.26. The van der Waals surface area contributed by atoms with Crippen molar-refractivity contribution in [2.75, 3.05) is 5.32 Å². The second kappa shape index (κ2) is 6.97. The van der Waals surface area contributed by atoms with Crippen LogP contribution in [-0.4, -0.2) is 22.0 Å². The third-order valence-electron chi connectivity index (χ3n) is 4.40. The predicted octanol–water partition coefficient (Wildman–Crippen LogP) is 4.13. The van der Waals surface area contributed by atoms with Gasteiger partial charge in [-0.15, -0.1) is 0 Å². The summed E-state index contributed by atoms with van der Waals surface area (Å²) in [7, 11) is 0. The minimum absolute atomic E-state index is 0.138. The van der Waals surface area contributed by atoms with Crippen molar-refractivity contribution in [3.05, 3.63) is 70.1 Å². The molecule has 3 aromatic heterocycles. The summed E-state index contributed by atoms with van der Waals surface area (Å²) in [5.41, 5.74) is 1.79. The molecule has 0 aliphatic carbocycles. The van der Waals surface area contributed by atoms with Gasteiger partial charge in [0.15, 0.2) is 17.2 Å². The van der Waals surface area contributed by atoms with Gasteiger partial charge in [0.1, 0.15) is 5.52 Å². The zero-order chi connectivity index (χ0) is 19.7. The number of nitrogens with zero attached hydrogens (tertiary/aromatic N) is 1. The van der Waals surface area contributed by atoms with Gasteiger partial charge in [0, 0.05) is 11.4 Å². The maximum atomic E-state index is 12.7. The Morgan fingerprint density at radius 1 is 1.14 bits per heavy atom. The second-order valence-corrected chi connectivity index (χ2v) is 7.62. The molecule has 0 radical (unpaired) electrons. The summed E-state index contributed by atoms with van der Waals surface area (Å²) in [5.74, 6) is -0.262. The molecule has 28 heavy (non-hydrogen) atoms. The molecule has 3 heterocycles. The SMILES string of the molecule is CC(C)(NC(=O)c1cc2[nH]nc(NC(=O)c3ccsc3)c2o1)c1ccccc1. The molecule has 0 atom stereocenters. The highest BCUT2D eigenvalue weighted by Gasteiger charge is 2.26. The number of anilines is 1. The molecule has 1 aromatic carbocycles. The lowest BCUT2D eigenvalue weighted by atomic mass is 9.94. The first kappa shape index (κ1) is 18.0. The first-order valence-corrected chi connectivity index (χ1v) is 9.58. The van der Waals surface area contributed by atoms with Crippen molar-refractivity contribution in [1.82, 2.24) is 15.5 Å². The highest BCUT2D eigenvalue weighted by molar-refractivity contribution is 7.08. The summed E-state index contributed by atoms with van der Waals surface area (Å²) in [4.78, 5) is 24.9. The summed E-state index contributed by atoms with van der Waals surface area (Å²) in [5, 5.41) is 16.0. The molecule has 0 fully saturated rings. The Labute approximate surface area is 164 Å². The van der Waals surface area contributed by atoms with E-state index in [1.807, 2.05) is 49.6 Å². The van der Waals surface area contributed by atoms with E-state index in [0.717, 1.165) is 5.56 Å². The summed E-state index contributed by atoms with van der Waals surface area (Å²) >= 11 is 1.43. The molecular weight excluding hydrogens is 376 g/mol. The van der Waals surface area contributed by atoms with E-state index in [2.05, 4.69) is 20.8 Å². The van der Waals surface area contributed by atoms with Gasteiger partial charge in [-0.2, -0.15) is 16.4 Å². The molecule has 0 saturated heterocycles. The zero-order valence-corrected chi connectivity index (χ0v) is 16.1. The molecule has 8 heteroatoms. The summed E-state index contributed by atoms with van der Waals surface area (Å²) in [6.07, 6.45) is 0. The van der Waals surface area contributed by atoms with Crippen LogP contribution in [0.1, 0.15) is 40.3 Å². The average molecular weight is 394 g/mol. The van der Waals surface area contributed by atoms with Crippen molar-refractivity contribution >= 4 is 40.1 Å². The first-order valence-electron chi connectivity index (χ1n) is 8.63. The van der Waals surface area contributed by atoms with E-state index >= 15 is 0 Å². The van der Waals surface area contributed by atoms with Crippen LogP contribution in [0.5, 0.6) is 0 Å². The van der Waals surface area contributed by atoms with Crippen molar-refractivity contribution in [3.63, 3.8) is 0 Å². The van der Waals surface area contributed by atoms with Crippen molar-refractivity contribution < 1.29 is 14.0 Å². The molecule has 0 bridgehead atoms. The quantitative estimate of drug-likeness (QED) is 0.474. The van der Waals surface area contributed by atoms with Gasteiger partial charge in [-0.25, -0.2) is 0 Å². The summed E-state index contributed by atoms with van der Waals surface area (Å²) < 4.78 is 5.68. The van der Waals surface area contributed by atoms with Crippen molar-refractivity contribution in [3.8, 4) is 0 Å². The van der Waals surface area contributed by atoms with E-state index < -0.39 is 5.54 Å². The molecule has 7 nitrogen and oxygen atoms in total. The Morgan fingerprint density at radius 2 is 1.93 bits per heavy atom. The Morgan fingerprint density at radius 3 is 2.64 bits per heavy atom. The minimum Gasteiger partial charge on any atom is -0.445 e. The van der Waals surface area contributed by atoms with Gasteiger partial charge >= 0.3 is 0 Å². The number of H-pyrrole nitrogens is 1.